The van der Waals surface area contributed by atoms with Gasteiger partial charge in [0.25, 0.3) is 5.91 Å². The second-order valence-electron chi connectivity index (χ2n) is 5.21. The summed E-state index contributed by atoms with van der Waals surface area (Å²) in [7, 11) is 1.69. The average molecular weight is 298 g/mol. The number of aryl methyl sites for hydroxylation is 3. The summed E-state index contributed by atoms with van der Waals surface area (Å²) in [5, 5.41) is 7.08. The number of nitrogens with one attached hydrogen (secondary N) is 1. The van der Waals surface area contributed by atoms with Crippen molar-refractivity contribution in [3.63, 3.8) is 0 Å². The van der Waals surface area contributed by atoms with Gasteiger partial charge in [0.2, 0.25) is 0 Å². The number of amides is 1. The summed E-state index contributed by atoms with van der Waals surface area (Å²) in [6, 6.07) is 7.29. The van der Waals surface area contributed by atoms with Crippen LogP contribution >= 0.6 is 0 Å². The lowest BCUT2D eigenvalue weighted by molar-refractivity contribution is 0.102. The van der Waals surface area contributed by atoms with Gasteiger partial charge in [-0.25, -0.2) is 9.37 Å². The van der Waals surface area contributed by atoms with Crippen LogP contribution in [0.5, 0.6) is 0 Å². The molecule has 0 fully saturated rings. The van der Waals surface area contributed by atoms with E-state index in [1.807, 2.05) is 19.1 Å². The molecule has 1 amide bonds. The highest BCUT2D eigenvalue weighted by molar-refractivity contribution is 6.06. The fourth-order valence-corrected chi connectivity index (χ4v) is 2.36. The summed E-state index contributed by atoms with van der Waals surface area (Å²) < 4.78 is 16.1. The van der Waals surface area contributed by atoms with Gasteiger partial charge < -0.3 is 5.32 Å². The first-order valence-corrected chi connectivity index (χ1v) is 6.83. The molecule has 2 aromatic heterocycles. The first-order valence-electron chi connectivity index (χ1n) is 6.83. The maximum Gasteiger partial charge on any atom is 0.260 e. The van der Waals surface area contributed by atoms with Crippen LogP contribution < -0.4 is 5.32 Å². The molecular weight excluding hydrogens is 283 g/mol. The normalized spacial score (nSPS) is 10.9. The summed E-state index contributed by atoms with van der Waals surface area (Å²) in [5.74, 6) is -1.13. The number of fused-ring (bicyclic) bond motifs is 1. The molecule has 112 valence electrons. The fourth-order valence-electron chi connectivity index (χ4n) is 2.36. The molecule has 0 atom stereocenters. The Morgan fingerprint density at radius 3 is 2.59 bits per heavy atom. The van der Waals surface area contributed by atoms with E-state index >= 15 is 0 Å². The van der Waals surface area contributed by atoms with Gasteiger partial charge in [0.05, 0.1) is 16.6 Å². The third-order valence-electron chi connectivity index (χ3n) is 3.52. The Kier molecular flexibility index (Phi) is 3.36. The van der Waals surface area contributed by atoms with Crippen molar-refractivity contribution >= 4 is 22.6 Å². The van der Waals surface area contributed by atoms with Crippen molar-refractivity contribution in [2.45, 2.75) is 13.8 Å². The number of aromatic nitrogens is 3. The van der Waals surface area contributed by atoms with E-state index < -0.39 is 11.7 Å². The van der Waals surface area contributed by atoms with Crippen LogP contribution in [0.4, 0.5) is 10.1 Å². The second-order valence-corrected chi connectivity index (χ2v) is 5.21. The molecule has 1 N–H and O–H groups in total. The lowest BCUT2D eigenvalue weighted by Gasteiger charge is -2.07. The Morgan fingerprint density at radius 1 is 1.23 bits per heavy atom. The van der Waals surface area contributed by atoms with Crippen LogP contribution in [0.2, 0.25) is 0 Å². The lowest BCUT2D eigenvalue weighted by atomic mass is 10.1. The molecule has 5 nitrogen and oxygen atoms in total. The van der Waals surface area contributed by atoms with E-state index in [1.54, 1.807) is 26.1 Å². The highest BCUT2D eigenvalue weighted by Crippen LogP contribution is 2.22. The van der Waals surface area contributed by atoms with Crippen molar-refractivity contribution in [3.05, 3.63) is 53.1 Å². The Hall–Kier alpha value is -2.76. The highest BCUT2D eigenvalue weighted by Gasteiger charge is 2.19. The third kappa shape index (κ3) is 2.32. The molecule has 1 aromatic carbocycles. The molecule has 2 heterocycles. The fraction of sp³-hybridized carbons (Fsp3) is 0.188. The number of halogens is 1. The maximum absolute atomic E-state index is 14.6. The minimum absolute atomic E-state index is 0.0934. The highest BCUT2D eigenvalue weighted by atomic mass is 19.1. The van der Waals surface area contributed by atoms with Crippen molar-refractivity contribution in [1.82, 2.24) is 14.8 Å². The van der Waals surface area contributed by atoms with E-state index in [0.717, 1.165) is 5.56 Å². The number of carbonyl (C=O) groups is 1. The van der Waals surface area contributed by atoms with Crippen molar-refractivity contribution in [2.75, 3.05) is 5.32 Å². The Bertz CT molecular complexity index is 868. The van der Waals surface area contributed by atoms with E-state index in [9.17, 15) is 9.18 Å². The first-order chi connectivity index (χ1) is 10.5. The largest absolute Gasteiger partial charge is 0.322 e. The molecule has 0 aliphatic rings. The molecule has 0 radical (unpaired) electrons. The Balaban J connectivity index is 1.99. The maximum atomic E-state index is 14.6. The summed E-state index contributed by atoms with van der Waals surface area (Å²) >= 11 is 0. The van der Waals surface area contributed by atoms with Gasteiger partial charge in [-0.1, -0.05) is 17.7 Å². The van der Waals surface area contributed by atoms with Gasteiger partial charge in [-0.15, -0.1) is 0 Å². The number of pyridine rings is 1. The molecule has 0 saturated carbocycles. The number of hydrogen-bond acceptors (Lipinski definition) is 3. The Morgan fingerprint density at radius 2 is 1.91 bits per heavy atom. The minimum Gasteiger partial charge on any atom is -0.322 e. The predicted molar refractivity (Wildman–Crippen MR) is 82.3 cm³/mol. The molecule has 0 aliphatic carbocycles. The van der Waals surface area contributed by atoms with Crippen molar-refractivity contribution in [1.29, 1.82) is 0 Å². The van der Waals surface area contributed by atoms with Crippen LogP contribution in [0, 0.1) is 19.7 Å². The molecule has 0 bridgehead atoms. The van der Waals surface area contributed by atoms with Crippen LogP contribution in [0.25, 0.3) is 11.0 Å². The smallest absolute Gasteiger partial charge is 0.260 e. The zero-order valence-corrected chi connectivity index (χ0v) is 12.5. The summed E-state index contributed by atoms with van der Waals surface area (Å²) in [6.07, 6.45) is 1.24. The number of nitrogens with zero attached hydrogens (tertiary/aromatic N) is 3. The standard InChI is InChI=1S/C16H15FN4O/c1-9-4-6-11(7-5-9)19-16(22)12-8-18-15-13(14(12)17)10(2)20-21(15)3/h4-8H,1-3H3,(H,19,22). The number of anilines is 1. The van der Waals surface area contributed by atoms with Crippen molar-refractivity contribution < 1.29 is 9.18 Å². The van der Waals surface area contributed by atoms with Crippen molar-refractivity contribution in [2.24, 2.45) is 7.05 Å². The predicted octanol–water partition coefficient (Wildman–Crippen LogP) is 2.98. The monoisotopic (exact) mass is 298 g/mol. The zero-order valence-electron chi connectivity index (χ0n) is 12.5. The molecular formula is C16H15FN4O. The second kappa shape index (κ2) is 5.22. The number of hydrogen-bond donors (Lipinski definition) is 1. The number of rotatable bonds is 2. The van der Waals surface area contributed by atoms with Gasteiger partial charge in [-0.05, 0) is 26.0 Å². The van der Waals surface area contributed by atoms with Crippen LogP contribution in [-0.2, 0) is 7.05 Å². The molecule has 22 heavy (non-hydrogen) atoms. The van der Waals surface area contributed by atoms with Gasteiger partial charge in [0.15, 0.2) is 5.65 Å². The molecule has 3 rings (SSSR count). The third-order valence-corrected chi connectivity index (χ3v) is 3.52. The first kappa shape index (κ1) is 14.2. The van der Waals surface area contributed by atoms with E-state index in [2.05, 4.69) is 15.4 Å². The Labute approximate surface area is 126 Å². The van der Waals surface area contributed by atoms with Crippen LogP contribution in [-0.4, -0.2) is 20.7 Å². The van der Waals surface area contributed by atoms with E-state index in [1.165, 1.54) is 10.9 Å². The van der Waals surface area contributed by atoms with Gasteiger partial charge in [-0.3, -0.25) is 9.48 Å². The summed E-state index contributed by atoms with van der Waals surface area (Å²) in [5.41, 5.74) is 2.52. The number of benzene rings is 1. The molecule has 0 saturated heterocycles. The summed E-state index contributed by atoms with van der Waals surface area (Å²) in [6.45, 7) is 3.64. The lowest BCUT2D eigenvalue weighted by Crippen LogP contribution is -2.14. The molecule has 0 spiro atoms. The van der Waals surface area contributed by atoms with Gasteiger partial charge in [-0.2, -0.15) is 5.10 Å². The summed E-state index contributed by atoms with van der Waals surface area (Å²) in [4.78, 5) is 16.4. The van der Waals surface area contributed by atoms with Crippen LogP contribution in [0.1, 0.15) is 21.6 Å². The average Bonchev–Trinajstić information content (AvgIpc) is 2.77. The minimum atomic E-state index is -0.597. The van der Waals surface area contributed by atoms with Crippen molar-refractivity contribution in [3.8, 4) is 0 Å². The van der Waals surface area contributed by atoms with E-state index in [0.29, 0.717) is 17.0 Å². The number of carbonyl (C=O) groups excluding carboxylic acids is 1. The zero-order chi connectivity index (χ0) is 15.9. The van der Waals surface area contributed by atoms with E-state index in [4.69, 9.17) is 0 Å². The molecule has 3 aromatic rings. The quantitative estimate of drug-likeness (QED) is 0.791. The van der Waals surface area contributed by atoms with E-state index in [-0.39, 0.29) is 10.9 Å². The van der Waals surface area contributed by atoms with Crippen LogP contribution in [0.3, 0.4) is 0 Å². The molecule has 6 heteroatoms. The van der Waals surface area contributed by atoms with Crippen LogP contribution in [0.15, 0.2) is 30.5 Å². The molecule has 0 aliphatic heterocycles. The van der Waals surface area contributed by atoms with Gasteiger partial charge in [0, 0.05) is 18.9 Å². The topological polar surface area (TPSA) is 59.8 Å². The SMILES string of the molecule is Cc1ccc(NC(=O)c2cnc3c(c(C)nn3C)c2F)cc1. The molecule has 0 unspecified atom stereocenters. The van der Waals surface area contributed by atoms with Gasteiger partial charge >= 0.3 is 0 Å². The van der Waals surface area contributed by atoms with Gasteiger partial charge in [0.1, 0.15) is 5.82 Å².